The van der Waals surface area contributed by atoms with Gasteiger partial charge >= 0.3 is 0 Å². The molecule has 1 fully saturated rings. The van der Waals surface area contributed by atoms with Gasteiger partial charge in [0.2, 0.25) is 0 Å². The summed E-state index contributed by atoms with van der Waals surface area (Å²) in [6.07, 6.45) is 1.73. The molecule has 0 spiro atoms. The van der Waals surface area contributed by atoms with E-state index in [-0.39, 0.29) is 12.5 Å². The van der Waals surface area contributed by atoms with Gasteiger partial charge in [0.1, 0.15) is 0 Å². The first-order valence-electron chi connectivity index (χ1n) is 6.35. The molecule has 0 amide bonds. The van der Waals surface area contributed by atoms with E-state index in [4.69, 9.17) is 5.11 Å². The number of rotatable bonds is 6. The topological polar surface area (TPSA) is 64.1 Å². The third-order valence-electron chi connectivity index (χ3n) is 3.32. The van der Waals surface area contributed by atoms with Crippen molar-refractivity contribution in [1.29, 1.82) is 0 Å². The molecule has 1 unspecified atom stereocenters. The summed E-state index contributed by atoms with van der Waals surface area (Å²) < 4.78 is 27.5. The smallest absolute Gasteiger partial charge is 0.281 e. The van der Waals surface area contributed by atoms with Crippen LogP contribution in [0.3, 0.4) is 0 Å². The Kier molecular flexibility index (Phi) is 6.00. The number of nitrogens with zero attached hydrogens (tertiary/aromatic N) is 3. The fourth-order valence-electron chi connectivity index (χ4n) is 2.04. The fourth-order valence-corrected chi connectivity index (χ4v) is 3.50. The maximum absolute atomic E-state index is 12.3. The van der Waals surface area contributed by atoms with Crippen LogP contribution in [0, 0.1) is 5.92 Å². The molecule has 7 heteroatoms. The Labute approximate surface area is 110 Å². The van der Waals surface area contributed by atoms with E-state index in [0.29, 0.717) is 26.2 Å². The summed E-state index contributed by atoms with van der Waals surface area (Å²) in [4.78, 5) is 1.96. The number of piperidine rings is 1. The lowest BCUT2D eigenvalue weighted by Gasteiger charge is -2.34. The van der Waals surface area contributed by atoms with Gasteiger partial charge in [-0.25, -0.2) is 0 Å². The SMILES string of the molecule is CN(C)CCN(C)S(=O)(=O)N1CCCC(CO)C1. The predicted molar refractivity (Wildman–Crippen MR) is 71.5 cm³/mol. The van der Waals surface area contributed by atoms with Gasteiger partial charge in [-0.2, -0.15) is 17.0 Å². The molecule has 1 rings (SSSR count). The van der Waals surface area contributed by atoms with Crippen LogP contribution in [-0.2, 0) is 10.2 Å². The van der Waals surface area contributed by atoms with E-state index >= 15 is 0 Å². The van der Waals surface area contributed by atoms with Gasteiger partial charge < -0.3 is 10.0 Å². The molecular weight excluding hydrogens is 254 g/mol. The highest BCUT2D eigenvalue weighted by Crippen LogP contribution is 2.20. The minimum Gasteiger partial charge on any atom is -0.396 e. The summed E-state index contributed by atoms with van der Waals surface area (Å²) in [5.41, 5.74) is 0. The lowest BCUT2D eigenvalue weighted by Crippen LogP contribution is -2.48. The standard InChI is InChI=1S/C11H25N3O3S/c1-12(2)7-8-13(3)18(16,17)14-6-4-5-11(9-14)10-15/h11,15H,4-10H2,1-3H3. The third kappa shape index (κ3) is 4.17. The maximum Gasteiger partial charge on any atom is 0.281 e. The van der Waals surface area contributed by atoms with Crippen LogP contribution in [0.15, 0.2) is 0 Å². The first-order valence-corrected chi connectivity index (χ1v) is 7.74. The zero-order chi connectivity index (χ0) is 13.8. The Morgan fingerprint density at radius 3 is 2.50 bits per heavy atom. The molecule has 0 aliphatic carbocycles. The van der Waals surface area contributed by atoms with Crippen LogP contribution in [0.25, 0.3) is 0 Å². The lowest BCUT2D eigenvalue weighted by molar-refractivity contribution is 0.161. The molecule has 0 bridgehead atoms. The van der Waals surface area contributed by atoms with Crippen molar-refractivity contribution in [2.75, 3.05) is 53.9 Å². The van der Waals surface area contributed by atoms with E-state index in [1.54, 1.807) is 7.05 Å². The van der Waals surface area contributed by atoms with E-state index in [9.17, 15) is 8.42 Å². The monoisotopic (exact) mass is 279 g/mol. The molecule has 18 heavy (non-hydrogen) atoms. The molecule has 1 saturated heterocycles. The van der Waals surface area contributed by atoms with Crippen molar-refractivity contribution in [2.45, 2.75) is 12.8 Å². The molecule has 0 aromatic carbocycles. The molecule has 1 heterocycles. The fraction of sp³-hybridized carbons (Fsp3) is 1.00. The molecule has 0 aromatic rings. The number of hydrogen-bond acceptors (Lipinski definition) is 4. The Morgan fingerprint density at radius 1 is 1.28 bits per heavy atom. The van der Waals surface area contributed by atoms with Gasteiger partial charge in [-0.05, 0) is 32.9 Å². The molecule has 1 N–H and O–H groups in total. The summed E-state index contributed by atoms with van der Waals surface area (Å²) >= 11 is 0. The molecule has 1 aliphatic heterocycles. The molecule has 0 saturated carbocycles. The van der Waals surface area contributed by atoms with Gasteiger partial charge in [0, 0.05) is 39.8 Å². The number of aliphatic hydroxyl groups excluding tert-OH is 1. The summed E-state index contributed by atoms with van der Waals surface area (Å²) in [5, 5.41) is 9.15. The van der Waals surface area contributed by atoms with Crippen molar-refractivity contribution in [1.82, 2.24) is 13.5 Å². The van der Waals surface area contributed by atoms with Gasteiger partial charge in [0.05, 0.1) is 0 Å². The van der Waals surface area contributed by atoms with Gasteiger partial charge in [-0.1, -0.05) is 0 Å². The van der Waals surface area contributed by atoms with Gasteiger partial charge in [-0.15, -0.1) is 0 Å². The average Bonchev–Trinajstić information content (AvgIpc) is 2.35. The van der Waals surface area contributed by atoms with Crippen LogP contribution in [0.2, 0.25) is 0 Å². The maximum atomic E-state index is 12.3. The Hall–Kier alpha value is -0.210. The summed E-state index contributed by atoms with van der Waals surface area (Å²) in [7, 11) is 2.08. The summed E-state index contributed by atoms with van der Waals surface area (Å²) in [5.74, 6) is 0.0794. The second kappa shape index (κ2) is 6.81. The van der Waals surface area contributed by atoms with Crippen molar-refractivity contribution in [3.63, 3.8) is 0 Å². The van der Waals surface area contributed by atoms with Crippen molar-refractivity contribution in [2.24, 2.45) is 5.92 Å². The van der Waals surface area contributed by atoms with E-state index in [1.807, 2.05) is 19.0 Å². The third-order valence-corrected chi connectivity index (χ3v) is 5.28. The van der Waals surface area contributed by atoms with E-state index in [2.05, 4.69) is 0 Å². The average molecular weight is 279 g/mol. The number of likely N-dealkylation sites (N-methyl/N-ethyl adjacent to an activating group) is 2. The molecule has 1 aliphatic rings. The molecule has 6 nitrogen and oxygen atoms in total. The van der Waals surface area contributed by atoms with Gasteiger partial charge in [0.25, 0.3) is 10.2 Å². The van der Waals surface area contributed by atoms with Crippen molar-refractivity contribution < 1.29 is 13.5 Å². The van der Waals surface area contributed by atoms with E-state index in [0.717, 1.165) is 12.8 Å². The van der Waals surface area contributed by atoms with Gasteiger partial charge in [-0.3, -0.25) is 0 Å². The van der Waals surface area contributed by atoms with Crippen LogP contribution in [0.1, 0.15) is 12.8 Å². The van der Waals surface area contributed by atoms with Crippen LogP contribution in [0.5, 0.6) is 0 Å². The predicted octanol–water partition coefficient (Wildman–Crippen LogP) is -0.571. The molecular formula is C11H25N3O3S. The minimum absolute atomic E-state index is 0.0629. The zero-order valence-corrected chi connectivity index (χ0v) is 12.4. The molecule has 0 aromatic heterocycles. The molecule has 108 valence electrons. The van der Waals surface area contributed by atoms with Crippen molar-refractivity contribution >= 4 is 10.2 Å². The number of hydrogen-bond donors (Lipinski definition) is 1. The Morgan fingerprint density at radius 2 is 1.94 bits per heavy atom. The van der Waals surface area contributed by atoms with E-state index in [1.165, 1.54) is 8.61 Å². The van der Waals surface area contributed by atoms with Crippen LogP contribution >= 0.6 is 0 Å². The summed E-state index contributed by atoms with van der Waals surface area (Å²) in [6.45, 7) is 2.24. The lowest BCUT2D eigenvalue weighted by atomic mass is 10.0. The van der Waals surface area contributed by atoms with Crippen LogP contribution in [0.4, 0.5) is 0 Å². The molecule has 1 atom stereocenters. The second-order valence-electron chi connectivity index (χ2n) is 5.18. The van der Waals surface area contributed by atoms with Gasteiger partial charge in [0.15, 0.2) is 0 Å². The highest BCUT2D eigenvalue weighted by Gasteiger charge is 2.31. The first-order chi connectivity index (χ1) is 8.37. The molecule has 0 radical (unpaired) electrons. The number of aliphatic hydroxyl groups is 1. The van der Waals surface area contributed by atoms with Crippen LogP contribution < -0.4 is 0 Å². The summed E-state index contributed by atoms with van der Waals surface area (Å²) in [6, 6.07) is 0. The minimum atomic E-state index is -3.37. The van der Waals surface area contributed by atoms with Crippen molar-refractivity contribution in [3.8, 4) is 0 Å². The first kappa shape index (κ1) is 15.8. The Bertz CT molecular complexity index is 345. The Balaban J connectivity index is 2.61. The highest BCUT2D eigenvalue weighted by molar-refractivity contribution is 7.86. The quantitative estimate of drug-likeness (QED) is 0.707. The second-order valence-corrected chi connectivity index (χ2v) is 7.22. The highest BCUT2D eigenvalue weighted by atomic mass is 32.2. The van der Waals surface area contributed by atoms with E-state index < -0.39 is 10.2 Å². The largest absolute Gasteiger partial charge is 0.396 e. The van der Waals surface area contributed by atoms with Crippen LogP contribution in [-0.4, -0.2) is 81.0 Å². The van der Waals surface area contributed by atoms with Crippen molar-refractivity contribution in [3.05, 3.63) is 0 Å². The zero-order valence-electron chi connectivity index (χ0n) is 11.5. The normalized spacial score (nSPS) is 22.9.